The highest BCUT2D eigenvalue weighted by Gasteiger charge is 2.23. The lowest BCUT2D eigenvalue weighted by Crippen LogP contribution is -1.94. The number of thiophene rings is 1. The summed E-state index contributed by atoms with van der Waals surface area (Å²) in [4.78, 5) is 15.5. The zero-order valence-electron chi connectivity index (χ0n) is 10.6. The van der Waals surface area contributed by atoms with E-state index in [1.54, 1.807) is 17.8 Å². The van der Waals surface area contributed by atoms with E-state index >= 15 is 0 Å². The predicted octanol–water partition coefficient (Wildman–Crippen LogP) is 3.05. The van der Waals surface area contributed by atoms with Gasteiger partial charge in [0.25, 0.3) is 0 Å². The summed E-state index contributed by atoms with van der Waals surface area (Å²) in [6, 6.07) is 8.84. The highest BCUT2D eigenvalue weighted by Crippen LogP contribution is 2.37. The molecule has 0 saturated carbocycles. The number of aliphatic hydroxyl groups excluding tert-OH is 1. The molecule has 20 heavy (non-hydrogen) atoms. The number of nitro groups is 1. The third-order valence-corrected chi connectivity index (χ3v) is 4.29. The van der Waals surface area contributed by atoms with Gasteiger partial charge in [-0.3, -0.25) is 14.7 Å². The van der Waals surface area contributed by atoms with Crippen LogP contribution in [-0.2, 0) is 0 Å². The van der Waals surface area contributed by atoms with Gasteiger partial charge in [0.15, 0.2) is 5.00 Å². The number of benzene rings is 1. The van der Waals surface area contributed by atoms with Crippen molar-refractivity contribution in [1.29, 1.82) is 0 Å². The van der Waals surface area contributed by atoms with Crippen LogP contribution < -0.4 is 0 Å². The minimum absolute atomic E-state index is 0.0194. The lowest BCUT2D eigenvalue weighted by atomic mass is 10.3. The number of fused-ring (bicyclic) bond motifs is 1. The van der Waals surface area contributed by atoms with Crippen LogP contribution in [0.2, 0.25) is 0 Å². The van der Waals surface area contributed by atoms with Gasteiger partial charge >= 0.3 is 5.69 Å². The average Bonchev–Trinajstić information content (AvgIpc) is 3.02. The van der Waals surface area contributed by atoms with Crippen molar-refractivity contribution in [3.63, 3.8) is 0 Å². The number of hydrogen-bond acceptors (Lipinski definition) is 5. The SMILES string of the molecule is CC(O)c1cc([N+](=O)[O-])c(-n2cnc3ccccc32)s1. The molecule has 102 valence electrons. The molecule has 1 N–H and O–H groups in total. The maximum atomic E-state index is 11.2. The second-order valence-corrected chi connectivity index (χ2v) is 5.44. The Morgan fingerprint density at radius 2 is 2.20 bits per heavy atom. The standard InChI is InChI=1S/C13H11N3O3S/c1-8(17)12-6-11(16(18)19)13(20-12)15-7-14-9-4-2-3-5-10(9)15/h2-8,17H,1H3. The third kappa shape index (κ3) is 1.97. The first-order valence-electron chi connectivity index (χ1n) is 5.96. The normalized spacial score (nSPS) is 12.7. The monoisotopic (exact) mass is 289 g/mol. The Bertz CT molecular complexity index is 791. The van der Waals surface area contributed by atoms with Crippen LogP contribution in [-0.4, -0.2) is 19.6 Å². The van der Waals surface area contributed by atoms with Crippen LogP contribution in [0, 0.1) is 10.1 Å². The van der Waals surface area contributed by atoms with E-state index in [1.165, 1.54) is 17.4 Å². The Labute approximate surface area is 118 Å². The molecular formula is C13H11N3O3S. The molecule has 0 radical (unpaired) electrons. The summed E-state index contributed by atoms with van der Waals surface area (Å²) >= 11 is 1.20. The van der Waals surface area contributed by atoms with Gasteiger partial charge in [-0.05, 0) is 19.1 Å². The molecule has 0 aliphatic heterocycles. The molecule has 3 aromatic rings. The molecule has 0 saturated heterocycles. The van der Waals surface area contributed by atoms with Crippen molar-refractivity contribution >= 4 is 28.1 Å². The molecule has 0 bridgehead atoms. The van der Waals surface area contributed by atoms with E-state index in [1.807, 2.05) is 24.3 Å². The Balaban J connectivity index is 2.25. The average molecular weight is 289 g/mol. The van der Waals surface area contributed by atoms with Crippen molar-refractivity contribution in [3.05, 3.63) is 51.7 Å². The van der Waals surface area contributed by atoms with E-state index in [0.717, 1.165) is 11.0 Å². The quantitative estimate of drug-likeness (QED) is 0.593. The summed E-state index contributed by atoms with van der Waals surface area (Å²) in [6.45, 7) is 1.59. The molecule has 0 aliphatic carbocycles. The fraction of sp³-hybridized carbons (Fsp3) is 0.154. The summed E-state index contributed by atoms with van der Waals surface area (Å²) < 4.78 is 1.68. The van der Waals surface area contributed by atoms with Crippen molar-refractivity contribution in [3.8, 4) is 5.00 Å². The van der Waals surface area contributed by atoms with Crippen LogP contribution in [0.25, 0.3) is 16.0 Å². The Morgan fingerprint density at radius 3 is 2.90 bits per heavy atom. The molecule has 0 spiro atoms. The topological polar surface area (TPSA) is 81.2 Å². The fourth-order valence-electron chi connectivity index (χ4n) is 2.02. The minimum Gasteiger partial charge on any atom is -0.388 e. The van der Waals surface area contributed by atoms with Gasteiger partial charge in [-0.1, -0.05) is 12.1 Å². The van der Waals surface area contributed by atoms with Gasteiger partial charge in [0.2, 0.25) is 0 Å². The second kappa shape index (κ2) is 4.69. The molecular weight excluding hydrogens is 278 g/mol. The molecule has 0 aliphatic rings. The van der Waals surface area contributed by atoms with Crippen LogP contribution in [0.1, 0.15) is 17.9 Å². The lowest BCUT2D eigenvalue weighted by molar-refractivity contribution is -0.384. The number of hydrogen-bond donors (Lipinski definition) is 1. The number of imidazole rings is 1. The summed E-state index contributed by atoms with van der Waals surface area (Å²) in [5.41, 5.74) is 1.55. The molecule has 2 aromatic heterocycles. The number of nitrogens with zero attached hydrogens (tertiary/aromatic N) is 3. The van der Waals surface area contributed by atoms with Crippen LogP contribution in [0.4, 0.5) is 5.69 Å². The van der Waals surface area contributed by atoms with E-state index < -0.39 is 11.0 Å². The van der Waals surface area contributed by atoms with E-state index in [4.69, 9.17) is 0 Å². The van der Waals surface area contributed by atoms with Crippen LogP contribution >= 0.6 is 11.3 Å². The zero-order valence-corrected chi connectivity index (χ0v) is 11.4. The molecule has 0 amide bonds. The smallest absolute Gasteiger partial charge is 0.304 e. The molecule has 2 heterocycles. The highest BCUT2D eigenvalue weighted by molar-refractivity contribution is 7.15. The van der Waals surface area contributed by atoms with Gasteiger partial charge in [-0.15, -0.1) is 11.3 Å². The van der Waals surface area contributed by atoms with Crippen LogP contribution in [0.3, 0.4) is 0 Å². The largest absolute Gasteiger partial charge is 0.388 e. The van der Waals surface area contributed by atoms with Crippen molar-refractivity contribution in [2.45, 2.75) is 13.0 Å². The van der Waals surface area contributed by atoms with Crippen molar-refractivity contribution in [2.75, 3.05) is 0 Å². The Kier molecular flexibility index (Phi) is 3.00. The summed E-state index contributed by atoms with van der Waals surface area (Å²) in [5, 5.41) is 21.3. The van der Waals surface area contributed by atoms with E-state index in [2.05, 4.69) is 4.98 Å². The maximum Gasteiger partial charge on any atom is 0.304 e. The van der Waals surface area contributed by atoms with Crippen LogP contribution in [0.15, 0.2) is 36.7 Å². The number of aromatic nitrogens is 2. The summed E-state index contributed by atoms with van der Waals surface area (Å²) in [5.74, 6) is 0. The Hall–Kier alpha value is -2.25. The maximum absolute atomic E-state index is 11.2. The lowest BCUT2D eigenvalue weighted by Gasteiger charge is -2.00. The van der Waals surface area contributed by atoms with Gasteiger partial charge in [-0.2, -0.15) is 0 Å². The van der Waals surface area contributed by atoms with Gasteiger partial charge in [-0.25, -0.2) is 4.98 Å². The van der Waals surface area contributed by atoms with E-state index in [-0.39, 0.29) is 5.69 Å². The summed E-state index contributed by atoms with van der Waals surface area (Å²) in [7, 11) is 0. The summed E-state index contributed by atoms with van der Waals surface area (Å²) in [6.07, 6.45) is 0.831. The second-order valence-electron chi connectivity index (χ2n) is 4.38. The van der Waals surface area contributed by atoms with E-state index in [9.17, 15) is 15.2 Å². The number of para-hydroxylation sites is 2. The van der Waals surface area contributed by atoms with Crippen molar-refractivity contribution < 1.29 is 10.0 Å². The minimum atomic E-state index is -0.734. The molecule has 1 aromatic carbocycles. The molecule has 1 unspecified atom stereocenters. The van der Waals surface area contributed by atoms with Gasteiger partial charge in [0.1, 0.15) is 6.33 Å². The molecule has 7 heteroatoms. The van der Waals surface area contributed by atoms with Gasteiger partial charge in [0, 0.05) is 10.9 Å². The zero-order chi connectivity index (χ0) is 14.3. The van der Waals surface area contributed by atoms with Crippen molar-refractivity contribution in [1.82, 2.24) is 9.55 Å². The first kappa shape index (κ1) is 12.8. The van der Waals surface area contributed by atoms with Crippen molar-refractivity contribution in [2.24, 2.45) is 0 Å². The third-order valence-electron chi connectivity index (χ3n) is 2.99. The highest BCUT2D eigenvalue weighted by atomic mass is 32.1. The fourth-order valence-corrected chi connectivity index (χ4v) is 3.07. The first-order valence-corrected chi connectivity index (χ1v) is 6.78. The van der Waals surface area contributed by atoms with Gasteiger partial charge in [0.05, 0.1) is 22.1 Å². The predicted molar refractivity (Wildman–Crippen MR) is 76.2 cm³/mol. The number of aliphatic hydroxyl groups is 1. The van der Waals surface area contributed by atoms with Crippen LogP contribution in [0.5, 0.6) is 0 Å². The van der Waals surface area contributed by atoms with E-state index in [0.29, 0.717) is 9.88 Å². The molecule has 6 nitrogen and oxygen atoms in total. The first-order chi connectivity index (χ1) is 9.58. The number of rotatable bonds is 3. The molecule has 3 rings (SSSR count). The molecule has 1 atom stereocenters. The van der Waals surface area contributed by atoms with Gasteiger partial charge < -0.3 is 5.11 Å². The molecule has 0 fully saturated rings. The Morgan fingerprint density at radius 1 is 1.45 bits per heavy atom.